The molecule has 1 N–H and O–H groups in total. The quantitative estimate of drug-likeness (QED) is 0.934. The van der Waals surface area contributed by atoms with Crippen LogP contribution in [0.15, 0.2) is 36.4 Å². The summed E-state index contributed by atoms with van der Waals surface area (Å²) in [6.45, 7) is 4.05. The average Bonchev–Trinajstić information content (AvgIpc) is 2.49. The van der Waals surface area contributed by atoms with E-state index in [2.05, 4.69) is 0 Å². The second-order valence-corrected chi connectivity index (χ2v) is 5.52. The topological polar surface area (TPSA) is 32.7 Å². The van der Waals surface area contributed by atoms with Crippen LogP contribution in [0, 0.1) is 13.8 Å². The Balaban J connectivity index is 2.40. The molecule has 0 aliphatic carbocycles. The third-order valence-corrected chi connectivity index (χ3v) is 3.93. The minimum absolute atomic E-state index is 0.685. The summed E-state index contributed by atoms with van der Waals surface area (Å²) in [6, 6.07) is 11.9. The molecule has 0 radical (unpaired) electrons. The Morgan fingerprint density at radius 2 is 1.62 bits per heavy atom. The van der Waals surface area contributed by atoms with Crippen molar-refractivity contribution in [3.05, 3.63) is 58.7 Å². The molecule has 3 heteroatoms. The molecule has 1 unspecified atom stereocenters. The second kappa shape index (κ2) is 6.19. The molecule has 0 fully saturated rings. The third kappa shape index (κ3) is 3.03. The number of aliphatic hydroxyl groups excluding tert-OH is 1. The normalized spacial score (nSPS) is 12.1. The molecule has 21 heavy (non-hydrogen) atoms. The van der Waals surface area contributed by atoms with Gasteiger partial charge in [0.05, 0.1) is 7.11 Å². The average molecular weight is 285 g/mol. The second-order valence-electron chi connectivity index (χ2n) is 5.52. The molecule has 0 saturated carbocycles. The molecule has 3 nitrogen and oxygen atoms in total. The van der Waals surface area contributed by atoms with E-state index >= 15 is 0 Å². The van der Waals surface area contributed by atoms with E-state index in [0.29, 0.717) is 0 Å². The van der Waals surface area contributed by atoms with Gasteiger partial charge in [0, 0.05) is 25.3 Å². The molecule has 0 amide bonds. The van der Waals surface area contributed by atoms with Crippen LogP contribution >= 0.6 is 0 Å². The van der Waals surface area contributed by atoms with Gasteiger partial charge < -0.3 is 14.7 Å². The summed E-state index contributed by atoms with van der Waals surface area (Å²) in [5, 5.41) is 10.7. The highest BCUT2D eigenvalue weighted by Crippen LogP contribution is 2.34. The minimum Gasteiger partial charge on any atom is -0.496 e. The Labute approximate surface area is 126 Å². The molecule has 0 bridgehead atoms. The standard InChI is InChI=1S/C18H23NO2/c1-12-6-11-16(18(21-5)13(12)2)17(20)14-7-9-15(10-8-14)19(3)4/h6-11,17,20H,1-5H3. The van der Waals surface area contributed by atoms with Crippen molar-refractivity contribution in [1.29, 1.82) is 0 Å². The smallest absolute Gasteiger partial charge is 0.128 e. The predicted octanol–water partition coefficient (Wildman–Crippen LogP) is 3.46. The lowest BCUT2D eigenvalue weighted by molar-refractivity contribution is 0.214. The molecular weight excluding hydrogens is 262 g/mol. The summed E-state index contributed by atoms with van der Waals surface area (Å²) in [7, 11) is 5.64. The summed E-state index contributed by atoms with van der Waals surface area (Å²) < 4.78 is 5.49. The molecule has 0 aliphatic rings. The highest BCUT2D eigenvalue weighted by atomic mass is 16.5. The lowest BCUT2D eigenvalue weighted by Crippen LogP contribution is -2.09. The third-order valence-electron chi connectivity index (χ3n) is 3.93. The van der Waals surface area contributed by atoms with Gasteiger partial charge in [0.15, 0.2) is 0 Å². The highest BCUT2D eigenvalue weighted by molar-refractivity contribution is 5.51. The molecule has 2 aromatic rings. The van der Waals surface area contributed by atoms with E-state index in [0.717, 1.165) is 33.7 Å². The first-order chi connectivity index (χ1) is 9.95. The van der Waals surface area contributed by atoms with Gasteiger partial charge in [-0.1, -0.05) is 24.3 Å². The Bertz CT molecular complexity index is 618. The van der Waals surface area contributed by atoms with E-state index in [-0.39, 0.29) is 0 Å². The van der Waals surface area contributed by atoms with Crippen molar-refractivity contribution in [2.75, 3.05) is 26.1 Å². The zero-order valence-electron chi connectivity index (χ0n) is 13.3. The van der Waals surface area contributed by atoms with E-state index in [4.69, 9.17) is 4.74 Å². The number of hydrogen-bond acceptors (Lipinski definition) is 3. The van der Waals surface area contributed by atoms with Gasteiger partial charge in [-0.25, -0.2) is 0 Å². The predicted molar refractivity (Wildman–Crippen MR) is 87.3 cm³/mol. The first-order valence-electron chi connectivity index (χ1n) is 7.05. The van der Waals surface area contributed by atoms with Crippen molar-refractivity contribution in [2.24, 2.45) is 0 Å². The number of anilines is 1. The van der Waals surface area contributed by atoms with E-state index in [1.165, 1.54) is 0 Å². The van der Waals surface area contributed by atoms with Gasteiger partial charge in [-0.2, -0.15) is 0 Å². The van der Waals surface area contributed by atoms with E-state index in [1.54, 1.807) is 7.11 Å². The van der Waals surface area contributed by atoms with Crippen LogP contribution in [0.2, 0.25) is 0 Å². The first-order valence-corrected chi connectivity index (χ1v) is 7.05. The largest absolute Gasteiger partial charge is 0.496 e. The van der Waals surface area contributed by atoms with Gasteiger partial charge in [0.2, 0.25) is 0 Å². The van der Waals surface area contributed by atoms with Crippen molar-refractivity contribution in [1.82, 2.24) is 0 Å². The first kappa shape index (κ1) is 15.4. The highest BCUT2D eigenvalue weighted by Gasteiger charge is 2.18. The Hall–Kier alpha value is -2.00. The van der Waals surface area contributed by atoms with Crippen molar-refractivity contribution in [2.45, 2.75) is 20.0 Å². The summed E-state index contributed by atoms with van der Waals surface area (Å²) in [5.41, 5.74) is 5.00. The fraction of sp³-hybridized carbons (Fsp3) is 0.333. The molecule has 0 aliphatic heterocycles. The zero-order chi connectivity index (χ0) is 15.6. The van der Waals surface area contributed by atoms with Crippen LogP contribution in [0.3, 0.4) is 0 Å². The number of benzene rings is 2. The van der Waals surface area contributed by atoms with Gasteiger partial charge in [-0.15, -0.1) is 0 Å². The minimum atomic E-state index is -0.685. The van der Waals surface area contributed by atoms with Gasteiger partial charge in [-0.05, 0) is 42.7 Å². The number of aryl methyl sites for hydroxylation is 1. The van der Waals surface area contributed by atoms with Crippen molar-refractivity contribution >= 4 is 5.69 Å². The maximum atomic E-state index is 10.7. The molecule has 0 aromatic heterocycles. The number of ether oxygens (including phenoxy) is 1. The monoisotopic (exact) mass is 285 g/mol. The molecule has 2 rings (SSSR count). The van der Waals surface area contributed by atoms with E-state index in [9.17, 15) is 5.11 Å². The number of rotatable bonds is 4. The molecule has 0 saturated heterocycles. The van der Waals surface area contributed by atoms with Crippen LogP contribution in [-0.2, 0) is 0 Å². The lowest BCUT2D eigenvalue weighted by Gasteiger charge is -2.19. The SMILES string of the molecule is COc1c(C(O)c2ccc(N(C)C)cc2)ccc(C)c1C. The molecule has 1 atom stereocenters. The van der Waals surface area contributed by atoms with Gasteiger partial charge in [0.1, 0.15) is 11.9 Å². The van der Waals surface area contributed by atoms with Gasteiger partial charge in [0.25, 0.3) is 0 Å². The lowest BCUT2D eigenvalue weighted by atomic mass is 9.96. The molecule has 112 valence electrons. The Morgan fingerprint density at radius 1 is 1.00 bits per heavy atom. The van der Waals surface area contributed by atoms with Crippen molar-refractivity contribution < 1.29 is 9.84 Å². The Kier molecular flexibility index (Phi) is 4.53. The van der Waals surface area contributed by atoms with E-state index in [1.807, 2.05) is 69.2 Å². The van der Waals surface area contributed by atoms with Crippen molar-refractivity contribution in [3.8, 4) is 5.75 Å². The molecular formula is C18H23NO2. The fourth-order valence-electron chi connectivity index (χ4n) is 2.43. The maximum absolute atomic E-state index is 10.7. The molecule has 0 spiro atoms. The Morgan fingerprint density at radius 3 is 2.14 bits per heavy atom. The summed E-state index contributed by atoms with van der Waals surface area (Å²) in [4.78, 5) is 2.03. The van der Waals surface area contributed by atoms with Crippen LogP contribution in [0.5, 0.6) is 5.75 Å². The summed E-state index contributed by atoms with van der Waals surface area (Å²) in [5.74, 6) is 0.763. The maximum Gasteiger partial charge on any atom is 0.128 e. The van der Waals surface area contributed by atoms with Crippen LogP contribution in [0.1, 0.15) is 28.4 Å². The number of hydrogen-bond donors (Lipinski definition) is 1. The molecule has 2 aromatic carbocycles. The van der Waals surface area contributed by atoms with Crippen LogP contribution < -0.4 is 9.64 Å². The zero-order valence-corrected chi connectivity index (χ0v) is 13.3. The number of nitrogens with zero attached hydrogens (tertiary/aromatic N) is 1. The van der Waals surface area contributed by atoms with Gasteiger partial charge >= 0.3 is 0 Å². The van der Waals surface area contributed by atoms with Crippen molar-refractivity contribution in [3.63, 3.8) is 0 Å². The van der Waals surface area contributed by atoms with Gasteiger partial charge in [-0.3, -0.25) is 0 Å². The summed E-state index contributed by atoms with van der Waals surface area (Å²) >= 11 is 0. The molecule has 0 heterocycles. The number of methoxy groups -OCH3 is 1. The van der Waals surface area contributed by atoms with Crippen LogP contribution in [0.25, 0.3) is 0 Å². The summed E-state index contributed by atoms with van der Waals surface area (Å²) in [6.07, 6.45) is -0.685. The van der Waals surface area contributed by atoms with E-state index < -0.39 is 6.10 Å². The number of aliphatic hydroxyl groups is 1. The fourth-order valence-corrected chi connectivity index (χ4v) is 2.43. The van der Waals surface area contributed by atoms with Crippen LogP contribution in [0.4, 0.5) is 5.69 Å². The van der Waals surface area contributed by atoms with Crippen LogP contribution in [-0.4, -0.2) is 26.3 Å².